The fraction of sp³-hybridized carbons (Fsp3) is 0.533. The lowest BCUT2D eigenvalue weighted by Crippen LogP contribution is -2.56. The lowest BCUT2D eigenvalue weighted by atomic mass is 9.80. The van der Waals surface area contributed by atoms with Crippen molar-refractivity contribution in [3.8, 4) is 5.75 Å². The van der Waals surface area contributed by atoms with Crippen LogP contribution in [0.4, 0.5) is 8.78 Å². The van der Waals surface area contributed by atoms with Crippen LogP contribution >= 0.6 is 0 Å². The number of hydrogen-bond donors (Lipinski definition) is 2. The van der Waals surface area contributed by atoms with Gasteiger partial charge in [0.1, 0.15) is 29.0 Å². The zero-order chi connectivity index (χ0) is 15.5. The standard InChI is InChI=1S/C15H19F2NO3/c1-2-18-15(14(19)20)5-3-4-12(9-15)21-13-7-10(16)6-11(17)8-13/h6-8,12,18H,2-5,9H2,1H3,(H,19,20). The highest BCUT2D eigenvalue weighted by molar-refractivity contribution is 5.79. The first-order chi connectivity index (χ1) is 9.95. The molecule has 0 amide bonds. The molecule has 1 aromatic rings. The highest BCUT2D eigenvalue weighted by Gasteiger charge is 2.43. The van der Waals surface area contributed by atoms with E-state index in [2.05, 4.69) is 5.32 Å². The van der Waals surface area contributed by atoms with Gasteiger partial charge in [0.25, 0.3) is 0 Å². The van der Waals surface area contributed by atoms with Gasteiger partial charge in [-0.2, -0.15) is 0 Å². The summed E-state index contributed by atoms with van der Waals surface area (Å²) in [6.07, 6.45) is 1.76. The van der Waals surface area contributed by atoms with Crippen LogP contribution in [0, 0.1) is 11.6 Å². The molecule has 6 heteroatoms. The SMILES string of the molecule is CCNC1(C(=O)O)CCCC(Oc2cc(F)cc(F)c2)C1. The summed E-state index contributed by atoms with van der Waals surface area (Å²) in [5.41, 5.74) is -1.02. The van der Waals surface area contributed by atoms with Crippen LogP contribution in [0.3, 0.4) is 0 Å². The Morgan fingerprint density at radius 3 is 2.67 bits per heavy atom. The zero-order valence-electron chi connectivity index (χ0n) is 11.9. The van der Waals surface area contributed by atoms with Gasteiger partial charge in [-0.3, -0.25) is 4.79 Å². The molecule has 1 aliphatic carbocycles. The van der Waals surface area contributed by atoms with E-state index in [1.54, 1.807) is 0 Å². The van der Waals surface area contributed by atoms with Crippen molar-refractivity contribution in [1.82, 2.24) is 5.32 Å². The quantitative estimate of drug-likeness (QED) is 0.877. The van der Waals surface area contributed by atoms with Crippen LogP contribution in [-0.2, 0) is 4.79 Å². The number of aliphatic carboxylic acids is 1. The van der Waals surface area contributed by atoms with Gasteiger partial charge in [0, 0.05) is 24.6 Å². The molecular formula is C15H19F2NO3. The van der Waals surface area contributed by atoms with Gasteiger partial charge in [-0.15, -0.1) is 0 Å². The minimum absolute atomic E-state index is 0.0928. The Hall–Kier alpha value is -1.69. The highest BCUT2D eigenvalue weighted by Crippen LogP contribution is 2.32. The van der Waals surface area contributed by atoms with Gasteiger partial charge in [-0.25, -0.2) is 8.78 Å². The third-order valence-corrected chi connectivity index (χ3v) is 3.77. The molecule has 4 nitrogen and oxygen atoms in total. The fourth-order valence-corrected chi connectivity index (χ4v) is 2.88. The molecule has 0 aliphatic heterocycles. The summed E-state index contributed by atoms with van der Waals surface area (Å²) >= 11 is 0. The molecule has 0 bridgehead atoms. The van der Waals surface area contributed by atoms with Gasteiger partial charge >= 0.3 is 5.97 Å². The van der Waals surface area contributed by atoms with Crippen molar-refractivity contribution in [3.05, 3.63) is 29.8 Å². The first-order valence-corrected chi connectivity index (χ1v) is 7.06. The molecule has 21 heavy (non-hydrogen) atoms. The number of hydrogen-bond acceptors (Lipinski definition) is 3. The molecule has 0 heterocycles. The number of benzene rings is 1. The van der Waals surface area contributed by atoms with Crippen molar-refractivity contribution >= 4 is 5.97 Å². The Morgan fingerprint density at radius 2 is 2.10 bits per heavy atom. The average molecular weight is 299 g/mol. The number of carbonyl (C=O) groups is 1. The van der Waals surface area contributed by atoms with E-state index in [9.17, 15) is 18.7 Å². The van der Waals surface area contributed by atoms with Crippen LogP contribution in [0.5, 0.6) is 5.75 Å². The van der Waals surface area contributed by atoms with E-state index in [0.717, 1.165) is 18.2 Å². The Labute approximate surface area is 122 Å². The van der Waals surface area contributed by atoms with Gasteiger partial charge in [-0.05, 0) is 25.8 Å². The number of carboxylic acid groups (broad SMARTS) is 1. The maximum Gasteiger partial charge on any atom is 0.324 e. The van der Waals surface area contributed by atoms with Crippen molar-refractivity contribution in [2.45, 2.75) is 44.2 Å². The molecule has 0 radical (unpaired) electrons. The third kappa shape index (κ3) is 3.69. The molecule has 2 N–H and O–H groups in total. The molecule has 1 aliphatic rings. The van der Waals surface area contributed by atoms with Crippen LogP contribution in [-0.4, -0.2) is 29.3 Å². The van der Waals surface area contributed by atoms with Gasteiger partial charge in [-0.1, -0.05) is 6.92 Å². The number of likely N-dealkylation sites (N-methyl/N-ethyl adjacent to an activating group) is 1. The van der Waals surface area contributed by atoms with Crippen molar-refractivity contribution in [2.75, 3.05) is 6.54 Å². The maximum absolute atomic E-state index is 13.2. The van der Waals surface area contributed by atoms with Crippen LogP contribution in [0.1, 0.15) is 32.6 Å². The van der Waals surface area contributed by atoms with Crippen molar-refractivity contribution in [1.29, 1.82) is 0 Å². The highest BCUT2D eigenvalue weighted by atomic mass is 19.1. The Morgan fingerprint density at radius 1 is 1.43 bits per heavy atom. The lowest BCUT2D eigenvalue weighted by molar-refractivity contribution is -0.147. The average Bonchev–Trinajstić information content (AvgIpc) is 2.37. The number of rotatable bonds is 5. The molecule has 0 aromatic heterocycles. The normalized spacial score (nSPS) is 25.6. The summed E-state index contributed by atoms with van der Waals surface area (Å²) in [5.74, 6) is -2.24. The summed E-state index contributed by atoms with van der Waals surface area (Å²) in [6.45, 7) is 2.38. The first kappa shape index (κ1) is 15.7. The van der Waals surface area contributed by atoms with E-state index < -0.39 is 23.1 Å². The number of carboxylic acids is 1. The van der Waals surface area contributed by atoms with E-state index in [1.165, 1.54) is 0 Å². The van der Waals surface area contributed by atoms with Crippen molar-refractivity contribution in [3.63, 3.8) is 0 Å². The van der Waals surface area contributed by atoms with Crippen LogP contribution < -0.4 is 10.1 Å². The second kappa shape index (κ2) is 6.39. The monoisotopic (exact) mass is 299 g/mol. The smallest absolute Gasteiger partial charge is 0.324 e. The van der Waals surface area contributed by atoms with E-state index >= 15 is 0 Å². The molecule has 1 aromatic carbocycles. The number of ether oxygens (including phenoxy) is 1. The lowest BCUT2D eigenvalue weighted by Gasteiger charge is -2.38. The molecule has 2 unspecified atom stereocenters. The Bertz CT molecular complexity index is 499. The van der Waals surface area contributed by atoms with Crippen LogP contribution in [0.2, 0.25) is 0 Å². The molecular weight excluding hydrogens is 280 g/mol. The second-order valence-electron chi connectivity index (χ2n) is 5.36. The van der Waals surface area contributed by atoms with E-state index in [4.69, 9.17) is 4.74 Å². The van der Waals surface area contributed by atoms with Crippen LogP contribution in [0.15, 0.2) is 18.2 Å². The molecule has 2 atom stereocenters. The summed E-state index contributed by atoms with van der Waals surface area (Å²) < 4.78 is 31.9. The zero-order valence-corrected chi connectivity index (χ0v) is 11.9. The van der Waals surface area contributed by atoms with Gasteiger partial charge < -0.3 is 15.2 Å². The number of halogens is 2. The van der Waals surface area contributed by atoms with Gasteiger partial charge in [0.2, 0.25) is 0 Å². The van der Waals surface area contributed by atoms with E-state index in [0.29, 0.717) is 25.8 Å². The fourth-order valence-electron chi connectivity index (χ4n) is 2.88. The van der Waals surface area contributed by atoms with Gasteiger partial charge in [0.05, 0.1) is 0 Å². The molecule has 1 saturated carbocycles. The van der Waals surface area contributed by atoms with E-state index in [-0.39, 0.29) is 18.3 Å². The molecule has 0 saturated heterocycles. The van der Waals surface area contributed by atoms with E-state index in [1.807, 2.05) is 6.92 Å². The van der Waals surface area contributed by atoms with Crippen molar-refractivity contribution in [2.24, 2.45) is 0 Å². The molecule has 116 valence electrons. The summed E-state index contributed by atoms with van der Waals surface area (Å²) in [5, 5.41) is 12.5. The summed E-state index contributed by atoms with van der Waals surface area (Å²) in [6, 6.07) is 2.98. The van der Waals surface area contributed by atoms with Crippen LogP contribution in [0.25, 0.3) is 0 Å². The molecule has 2 rings (SSSR count). The minimum atomic E-state index is -1.02. The number of nitrogens with one attached hydrogen (secondary N) is 1. The third-order valence-electron chi connectivity index (χ3n) is 3.77. The van der Waals surface area contributed by atoms with Crippen molar-refractivity contribution < 1.29 is 23.4 Å². The first-order valence-electron chi connectivity index (χ1n) is 7.06. The Balaban J connectivity index is 2.11. The Kier molecular flexibility index (Phi) is 4.77. The summed E-state index contributed by atoms with van der Waals surface area (Å²) in [4.78, 5) is 11.5. The van der Waals surface area contributed by atoms with Gasteiger partial charge in [0.15, 0.2) is 0 Å². The predicted octanol–water partition coefficient (Wildman–Crippen LogP) is 2.72. The topological polar surface area (TPSA) is 58.6 Å². The largest absolute Gasteiger partial charge is 0.490 e. The minimum Gasteiger partial charge on any atom is -0.490 e. The second-order valence-corrected chi connectivity index (χ2v) is 5.36. The predicted molar refractivity (Wildman–Crippen MR) is 73.3 cm³/mol. The molecule has 1 fully saturated rings. The summed E-state index contributed by atoms with van der Waals surface area (Å²) in [7, 11) is 0. The molecule has 0 spiro atoms. The maximum atomic E-state index is 13.2.